The van der Waals surface area contributed by atoms with E-state index in [1.54, 1.807) is 17.1 Å². The highest BCUT2D eigenvalue weighted by atomic mass is 79.9. The predicted octanol–water partition coefficient (Wildman–Crippen LogP) is 7.24. The van der Waals surface area contributed by atoms with E-state index in [9.17, 15) is 9.59 Å². The molecule has 10 nitrogen and oxygen atoms in total. The number of aryl methyl sites for hydroxylation is 1. The van der Waals surface area contributed by atoms with E-state index in [1.165, 1.54) is 0 Å². The van der Waals surface area contributed by atoms with E-state index in [4.69, 9.17) is 5.10 Å². The second-order valence-corrected chi connectivity index (χ2v) is 15.0. The summed E-state index contributed by atoms with van der Waals surface area (Å²) in [6.45, 7) is 11.7. The summed E-state index contributed by atoms with van der Waals surface area (Å²) >= 11 is 3.40. The average molecular weight is 714 g/mol. The van der Waals surface area contributed by atoms with Gasteiger partial charge in [0.05, 0.1) is 15.9 Å². The second kappa shape index (κ2) is 14.6. The van der Waals surface area contributed by atoms with Crippen molar-refractivity contribution in [3.05, 3.63) is 88.3 Å². The first-order valence-corrected chi connectivity index (χ1v) is 17.7. The maximum Gasteiger partial charge on any atom is 0.324 e. The zero-order chi connectivity index (χ0) is 33.8. The lowest BCUT2D eigenvalue weighted by molar-refractivity contribution is -0.126. The predicted molar refractivity (Wildman–Crippen MR) is 194 cm³/mol. The van der Waals surface area contributed by atoms with Gasteiger partial charge in [0.1, 0.15) is 11.6 Å². The summed E-state index contributed by atoms with van der Waals surface area (Å²) in [6, 6.07) is 17.5. The summed E-state index contributed by atoms with van der Waals surface area (Å²) in [4.78, 5) is 38.6. The molecular formula is C37H45BrN8O2. The average Bonchev–Trinajstić information content (AvgIpc) is 3.51. The minimum Gasteiger partial charge on any atom is -0.341 e. The van der Waals surface area contributed by atoms with Crippen LogP contribution in [-0.2, 0) is 10.2 Å². The molecular weight excluding hydrogens is 668 g/mol. The van der Waals surface area contributed by atoms with Gasteiger partial charge in [0, 0.05) is 54.5 Å². The fraction of sp³-hybridized carbons (Fsp3) is 0.432. The number of hydrogen-bond acceptors (Lipinski definition) is 7. The van der Waals surface area contributed by atoms with Gasteiger partial charge >= 0.3 is 6.03 Å². The molecule has 0 aliphatic carbocycles. The second-order valence-electron chi connectivity index (χ2n) is 14.0. The lowest BCUT2D eigenvalue weighted by Gasteiger charge is -2.36. The van der Waals surface area contributed by atoms with E-state index in [1.807, 2.05) is 61.5 Å². The Hall–Kier alpha value is -4.09. The Kier molecular flexibility index (Phi) is 10.3. The van der Waals surface area contributed by atoms with Gasteiger partial charge in [0.15, 0.2) is 0 Å². The van der Waals surface area contributed by atoms with Gasteiger partial charge < -0.3 is 15.5 Å². The Morgan fingerprint density at radius 2 is 1.56 bits per heavy atom. The van der Waals surface area contributed by atoms with Crippen LogP contribution >= 0.6 is 15.9 Å². The van der Waals surface area contributed by atoms with Crippen molar-refractivity contribution in [2.24, 2.45) is 11.8 Å². The fourth-order valence-corrected chi connectivity index (χ4v) is 6.91. The third-order valence-corrected chi connectivity index (χ3v) is 9.88. The Bertz CT molecular complexity index is 1700. The summed E-state index contributed by atoms with van der Waals surface area (Å²) in [6.07, 6.45) is 7.03. The van der Waals surface area contributed by atoms with E-state index >= 15 is 0 Å². The van der Waals surface area contributed by atoms with E-state index < -0.39 is 0 Å². The van der Waals surface area contributed by atoms with Gasteiger partial charge in [-0.1, -0.05) is 50.6 Å². The molecule has 2 aliphatic heterocycles. The zero-order valence-electron chi connectivity index (χ0n) is 28.2. The van der Waals surface area contributed by atoms with Gasteiger partial charge in [-0.05, 0) is 97.4 Å². The van der Waals surface area contributed by atoms with Crippen molar-refractivity contribution in [1.82, 2.24) is 25.1 Å². The summed E-state index contributed by atoms with van der Waals surface area (Å²) in [5.41, 5.74) is 4.39. The molecule has 6 rings (SSSR count). The number of halogens is 1. The monoisotopic (exact) mass is 712 g/mol. The molecule has 1 atom stereocenters. The minimum absolute atomic E-state index is 0.00321. The number of carbonyl (C=O) groups excluding carboxylic acids is 2. The molecule has 252 valence electrons. The highest BCUT2D eigenvalue weighted by Gasteiger charge is 2.36. The van der Waals surface area contributed by atoms with Crippen LogP contribution in [0.15, 0.2) is 71.5 Å². The van der Waals surface area contributed by atoms with Crippen LogP contribution in [0, 0.1) is 18.8 Å². The molecule has 11 heteroatoms. The Morgan fingerprint density at radius 1 is 0.917 bits per heavy atom. The number of piperidine rings is 2. The number of benzene rings is 2. The number of amides is 2. The number of anilines is 3. The topological polar surface area (TPSA) is 117 Å². The molecule has 48 heavy (non-hydrogen) atoms. The maximum atomic E-state index is 14.2. The molecule has 2 saturated heterocycles. The summed E-state index contributed by atoms with van der Waals surface area (Å²) in [5.74, 6) is 1.74. The van der Waals surface area contributed by atoms with Crippen molar-refractivity contribution in [3.8, 4) is 5.69 Å². The maximum absolute atomic E-state index is 14.2. The number of ketones is 1. The standard InChI is InChI=1S/C37H45BrN8O2/c1-24-5-11-30(12-6-24)46-32(21-31(44-46)37(2,3)4)43-36(48)42-29-9-7-25(8-10-29)33(26-13-17-39-18-14-26)34(47)27-15-19-45(20-16-27)35-40-22-28(38)23-41-35/h5-12,21-23,26-27,33,39H,13-20H2,1-4H3,(H2,42,43,48). The van der Waals surface area contributed by atoms with Crippen LogP contribution in [0.2, 0.25) is 0 Å². The van der Waals surface area contributed by atoms with Crippen molar-refractivity contribution in [2.75, 3.05) is 41.7 Å². The smallest absolute Gasteiger partial charge is 0.324 e. The first kappa shape index (κ1) is 33.8. The first-order chi connectivity index (χ1) is 23.0. The molecule has 0 bridgehead atoms. The first-order valence-electron chi connectivity index (χ1n) is 16.9. The van der Waals surface area contributed by atoms with Crippen LogP contribution in [0.1, 0.15) is 69.2 Å². The number of Topliss-reactive ketones (excluding diaryl/α,β-unsaturated/α-hetero) is 1. The van der Waals surface area contributed by atoms with E-state index in [2.05, 4.69) is 67.5 Å². The normalized spacial score (nSPS) is 16.8. The zero-order valence-corrected chi connectivity index (χ0v) is 29.8. The van der Waals surface area contributed by atoms with Gasteiger partial charge in [-0.25, -0.2) is 19.4 Å². The van der Waals surface area contributed by atoms with Gasteiger partial charge in [0.25, 0.3) is 0 Å². The van der Waals surface area contributed by atoms with Crippen LogP contribution in [0.3, 0.4) is 0 Å². The van der Waals surface area contributed by atoms with Crippen LogP contribution in [-0.4, -0.2) is 57.7 Å². The SMILES string of the molecule is Cc1ccc(-n2nc(C(C)(C)C)cc2NC(=O)Nc2ccc(C(C(=O)C3CCN(c4ncc(Br)cn4)CC3)C3CCNCC3)cc2)cc1. The molecule has 2 amide bonds. The van der Waals surface area contributed by atoms with Crippen molar-refractivity contribution in [3.63, 3.8) is 0 Å². The molecule has 4 aromatic rings. The number of hydrogen-bond donors (Lipinski definition) is 3. The van der Waals surface area contributed by atoms with Gasteiger partial charge in [-0.15, -0.1) is 0 Å². The molecule has 2 aromatic carbocycles. The number of aromatic nitrogens is 4. The Balaban J connectivity index is 1.15. The van der Waals surface area contributed by atoms with Crippen molar-refractivity contribution < 1.29 is 9.59 Å². The number of nitrogens with one attached hydrogen (secondary N) is 3. The number of carbonyl (C=O) groups is 2. The lowest BCUT2D eigenvalue weighted by atomic mass is 9.73. The molecule has 2 aromatic heterocycles. The van der Waals surface area contributed by atoms with Crippen LogP contribution in [0.5, 0.6) is 0 Å². The van der Waals surface area contributed by atoms with E-state index in [-0.39, 0.29) is 29.2 Å². The molecule has 1 unspecified atom stereocenters. The number of urea groups is 1. The quantitative estimate of drug-likeness (QED) is 0.176. The molecule has 0 saturated carbocycles. The molecule has 3 N–H and O–H groups in total. The third-order valence-electron chi connectivity index (χ3n) is 9.47. The number of nitrogens with zero attached hydrogens (tertiary/aromatic N) is 5. The third kappa shape index (κ3) is 7.95. The van der Waals surface area contributed by atoms with Gasteiger partial charge in [-0.2, -0.15) is 5.10 Å². The summed E-state index contributed by atoms with van der Waals surface area (Å²) in [7, 11) is 0. The summed E-state index contributed by atoms with van der Waals surface area (Å²) < 4.78 is 2.62. The largest absolute Gasteiger partial charge is 0.341 e. The van der Waals surface area contributed by atoms with Crippen LogP contribution in [0.4, 0.5) is 22.2 Å². The minimum atomic E-state index is -0.357. The molecule has 2 fully saturated rings. The fourth-order valence-electron chi connectivity index (χ4n) is 6.70. The molecule has 2 aliphatic rings. The summed E-state index contributed by atoms with van der Waals surface area (Å²) in [5, 5.41) is 14.3. The Labute approximate surface area is 291 Å². The molecule has 4 heterocycles. The van der Waals surface area contributed by atoms with E-state index in [0.717, 1.165) is 78.8 Å². The van der Waals surface area contributed by atoms with Crippen molar-refractivity contribution >= 4 is 45.2 Å². The van der Waals surface area contributed by atoms with Crippen LogP contribution < -0.4 is 20.9 Å². The van der Waals surface area contributed by atoms with Crippen LogP contribution in [0.25, 0.3) is 5.69 Å². The number of rotatable bonds is 8. The highest BCUT2D eigenvalue weighted by Crippen LogP contribution is 2.37. The van der Waals surface area contributed by atoms with Crippen molar-refractivity contribution in [2.45, 2.75) is 64.7 Å². The van der Waals surface area contributed by atoms with Gasteiger partial charge in [0.2, 0.25) is 5.95 Å². The Morgan fingerprint density at radius 3 is 2.19 bits per heavy atom. The lowest BCUT2D eigenvalue weighted by Crippen LogP contribution is -2.41. The highest BCUT2D eigenvalue weighted by molar-refractivity contribution is 9.10. The molecule has 0 spiro atoms. The van der Waals surface area contributed by atoms with Gasteiger partial charge in [-0.3, -0.25) is 10.1 Å². The van der Waals surface area contributed by atoms with E-state index in [0.29, 0.717) is 23.2 Å². The van der Waals surface area contributed by atoms with Crippen molar-refractivity contribution in [1.29, 1.82) is 0 Å². The molecule has 0 radical (unpaired) electrons.